The van der Waals surface area contributed by atoms with Crippen LogP contribution in [0.4, 0.5) is 5.69 Å². The summed E-state index contributed by atoms with van der Waals surface area (Å²) in [4.78, 5) is 24.7. The van der Waals surface area contributed by atoms with E-state index in [0.29, 0.717) is 0 Å². The minimum Gasteiger partial charge on any atom is -0.369 e. The Labute approximate surface area is 127 Å². The van der Waals surface area contributed by atoms with Crippen LogP contribution in [0.2, 0.25) is 0 Å². The molecule has 1 rings (SSSR count). The van der Waals surface area contributed by atoms with Crippen molar-refractivity contribution in [2.24, 2.45) is 5.73 Å². The fourth-order valence-corrected chi connectivity index (χ4v) is 2.24. The van der Waals surface area contributed by atoms with E-state index in [0.717, 1.165) is 15.7 Å². The molecule has 2 amide bonds. The highest BCUT2D eigenvalue weighted by Crippen LogP contribution is 2.19. The maximum atomic E-state index is 12.0. The number of nitrogens with zero attached hydrogens (tertiary/aromatic N) is 1. The standard InChI is InChI=1S/C14H20BrN3O2/c1-9(2)18(7-13(16)19)8-14(20)17-12-5-4-11(15)6-10(12)3/h4-6,9H,7-8H2,1-3H3,(H2,16,19)(H,17,20). The lowest BCUT2D eigenvalue weighted by atomic mass is 10.2. The Morgan fingerprint density at radius 1 is 1.35 bits per heavy atom. The van der Waals surface area contributed by atoms with E-state index in [1.54, 1.807) is 4.90 Å². The van der Waals surface area contributed by atoms with E-state index in [4.69, 9.17) is 5.73 Å². The summed E-state index contributed by atoms with van der Waals surface area (Å²) in [7, 11) is 0. The quantitative estimate of drug-likeness (QED) is 0.829. The molecule has 3 N–H and O–H groups in total. The first-order chi connectivity index (χ1) is 9.29. The van der Waals surface area contributed by atoms with Gasteiger partial charge < -0.3 is 11.1 Å². The van der Waals surface area contributed by atoms with Crippen molar-refractivity contribution in [3.05, 3.63) is 28.2 Å². The second-order valence-electron chi connectivity index (χ2n) is 4.97. The van der Waals surface area contributed by atoms with Gasteiger partial charge in [0, 0.05) is 16.2 Å². The van der Waals surface area contributed by atoms with Crippen LogP contribution in [0.15, 0.2) is 22.7 Å². The van der Waals surface area contributed by atoms with Crippen molar-refractivity contribution in [2.75, 3.05) is 18.4 Å². The minimum atomic E-state index is -0.439. The van der Waals surface area contributed by atoms with E-state index in [1.165, 1.54) is 0 Å². The summed E-state index contributed by atoms with van der Waals surface area (Å²) in [6, 6.07) is 5.70. The number of aryl methyl sites for hydroxylation is 1. The lowest BCUT2D eigenvalue weighted by Crippen LogP contribution is -2.43. The van der Waals surface area contributed by atoms with E-state index in [9.17, 15) is 9.59 Å². The molecule has 1 aromatic rings. The molecule has 0 heterocycles. The van der Waals surface area contributed by atoms with Crippen molar-refractivity contribution >= 4 is 33.4 Å². The summed E-state index contributed by atoms with van der Waals surface area (Å²) < 4.78 is 0.963. The van der Waals surface area contributed by atoms with Crippen molar-refractivity contribution in [1.29, 1.82) is 0 Å². The molecule has 0 saturated carbocycles. The van der Waals surface area contributed by atoms with E-state index in [2.05, 4.69) is 21.2 Å². The van der Waals surface area contributed by atoms with E-state index in [1.807, 2.05) is 39.0 Å². The predicted molar refractivity (Wildman–Crippen MR) is 83.4 cm³/mol. The van der Waals surface area contributed by atoms with Crippen molar-refractivity contribution < 1.29 is 9.59 Å². The van der Waals surface area contributed by atoms with Crippen LogP contribution in [0, 0.1) is 6.92 Å². The molecule has 1 aromatic carbocycles. The molecule has 0 aliphatic carbocycles. The molecule has 0 aliphatic rings. The van der Waals surface area contributed by atoms with E-state index >= 15 is 0 Å². The minimum absolute atomic E-state index is 0.0688. The first kappa shape index (κ1) is 16.7. The molecule has 0 fully saturated rings. The number of halogens is 1. The SMILES string of the molecule is Cc1cc(Br)ccc1NC(=O)CN(CC(N)=O)C(C)C. The maximum Gasteiger partial charge on any atom is 0.238 e. The van der Waals surface area contributed by atoms with Crippen LogP contribution in [0.1, 0.15) is 19.4 Å². The largest absolute Gasteiger partial charge is 0.369 e. The van der Waals surface area contributed by atoms with Gasteiger partial charge in [0.25, 0.3) is 0 Å². The number of hydrogen-bond donors (Lipinski definition) is 2. The smallest absolute Gasteiger partial charge is 0.238 e. The van der Waals surface area contributed by atoms with Gasteiger partial charge in [-0.05, 0) is 44.5 Å². The first-order valence-corrected chi connectivity index (χ1v) is 7.17. The van der Waals surface area contributed by atoms with Gasteiger partial charge in [0.05, 0.1) is 13.1 Å². The molecule has 5 nitrogen and oxygen atoms in total. The number of anilines is 1. The second kappa shape index (κ2) is 7.40. The summed E-state index contributed by atoms with van der Waals surface area (Å²) in [5.41, 5.74) is 6.92. The molecule has 0 atom stereocenters. The zero-order chi connectivity index (χ0) is 15.3. The summed E-state index contributed by atoms with van der Waals surface area (Å²) in [5.74, 6) is -0.600. The van der Waals surface area contributed by atoms with Gasteiger partial charge in [-0.25, -0.2) is 0 Å². The van der Waals surface area contributed by atoms with Gasteiger partial charge >= 0.3 is 0 Å². The topological polar surface area (TPSA) is 75.4 Å². The van der Waals surface area contributed by atoms with Gasteiger partial charge in [0.15, 0.2) is 0 Å². The van der Waals surface area contributed by atoms with Crippen LogP contribution in [-0.4, -0.2) is 35.8 Å². The Morgan fingerprint density at radius 2 is 2.00 bits per heavy atom. The molecule has 20 heavy (non-hydrogen) atoms. The number of nitrogens with two attached hydrogens (primary N) is 1. The number of primary amides is 1. The van der Waals surface area contributed by atoms with Crippen LogP contribution < -0.4 is 11.1 Å². The van der Waals surface area contributed by atoms with Crippen LogP contribution >= 0.6 is 15.9 Å². The molecular weight excluding hydrogens is 322 g/mol. The molecular formula is C14H20BrN3O2. The third kappa shape index (κ3) is 5.30. The van der Waals surface area contributed by atoms with E-state index in [-0.39, 0.29) is 25.0 Å². The lowest BCUT2D eigenvalue weighted by molar-refractivity contribution is -0.121. The third-order valence-electron chi connectivity index (χ3n) is 2.90. The summed E-state index contributed by atoms with van der Waals surface area (Å²) in [6.45, 7) is 5.96. The Morgan fingerprint density at radius 3 is 2.50 bits per heavy atom. The highest BCUT2D eigenvalue weighted by molar-refractivity contribution is 9.10. The summed E-state index contributed by atoms with van der Waals surface area (Å²) in [5, 5.41) is 2.84. The fraction of sp³-hybridized carbons (Fsp3) is 0.429. The predicted octanol–water partition coefficient (Wildman–Crippen LogP) is 1.89. The Balaban J connectivity index is 2.68. The van der Waals surface area contributed by atoms with Crippen LogP contribution in [0.3, 0.4) is 0 Å². The van der Waals surface area contributed by atoms with Gasteiger partial charge in [-0.2, -0.15) is 0 Å². The van der Waals surface area contributed by atoms with Gasteiger partial charge in [-0.3, -0.25) is 14.5 Å². The molecule has 0 spiro atoms. The van der Waals surface area contributed by atoms with E-state index < -0.39 is 5.91 Å². The maximum absolute atomic E-state index is 12.0. The third-order valence-corrected chi connectivity index (χ3v) is 3.39. The number of carbonyl (C=O) groups is 2. The number of rotatable bonds is 6. The van der Waals surface area contributed by atoms with Crippen LogP contribution in [0.25, 0.3) is 0 Å². The first-order valence-electron chi connectivity index (χ1n) is 6.38. The molecule has 0 unspecified atom stereocenters. The Kier molecular flexibility index (Phi) is 6.16. The highest BCUT2D eigenvalue weighted by Gasteiger charge is 2.16. The van der Waals surface area contributed by atoms with Crippen molar-refractivity contribution in [1.82, 2.24) is 4.90 Å². The number of carbonyl (C=O) groups excluding carboxylic acids is 2. The van der Waals surface area contributed by atoms with Gasteiger partial charge in [0.2, 0.25) is 11.8 Å². The van der Waals surface area contributed by atoms with Gasteiger partial charge in [0.1, 0.15) is 0 Å². The Bertz CT molecular complexity index is 503. The molecule has 0 saturated heterocycles. The number of nitrogens with one attached hydrogen (secondary N) is 1. The monoisotopic (exact) mass is 341 g/mol. The number of benzene rings is 1. The van der Waals surface area contributed by atoms with Gasteiger partial charge in [-0.15, -0.1) is 0 Å². The average molecular weight is 342 g/mol. The van der Waals surface area contributed by atoms with Crippen molar-refractivity contribution in [3.8, 4) is 0 Å². The van der Waals surface area contributed by atoms with Crippen molar-refractivity contribution in [3.63, 3.8) is 0 Å². The average Bonchev–Trinajstić information content (AvgIpc) is 2.31. The van der Waals surface area contributed by atoms with Gasteiger partial charge in [-0.1, -0.05) is 15.9 Å². The van der Waals surface area contributed by atoms with Crippen LogP contribution in [-0.2, 0) is 9.59 Å². The Hall–Kier alpha value is -1.40. The number of hydrogen-bond acceptors (Lipinski definition) is 3. The van der Waals surface area contributed by atoms with Crippen molar-refractivity contribution in [2.45, 2.75) is 26.8 Å². The summed E-state index contributed by atoms with van der Waals surface area (Å²) in [6.07, 6.45) is 0. The molecule has 0 aliphatic heterocycles. The molecule has 0 aromatic heterocycles. The molecule has 0 bridgehead atoms. The normalized spacial score (nSPS) is 10.9. The summed E-state index contributed by atoms with van der Waals surface area (Å²) >= 11 is 3.38. The molecule has 0 radical (unpaired) electrons. The van der Waals surface area contributed by atoms with Crippen LogP contribution in [0.5, 0.6) is 0 Å². The highest BCUT2D eigenvalue weighted by atomic mass is 79.9. The molecule has 110 valence electrons. The zero-order valence-corrected chi connectivity index (χ0v) is 13.5. The number of amides is 2. The molecule has 6 heteroatoms. The lowest BCUT2D eigenvalue weighted by Gasteiger charge is -2.24. The fourth-order valence-electron chi connectivity index (χ4n) is 1.76. The zero-order valence-electron chi connectivity index (χ0n) is 11.9. The second-order valence-corrected chi connectivity index (χ2v) is 5.89.